The Balaban J connectivity index is 1.88. The van der Waals surface area contributed by atoms with Crippen LogP contribution in [0.25, 0.3) is 11.5 Å². The Morgan fingerprint density at radius 1 is 1.22 bits per heavy atom. The summed E-state index contributed by atoms with van der Waals surface area (Å²) in [5, 5.41) is 7.71. The highest BCUT2D eigenvalue weighted by Crippen LogP contribution is 2.20. The predicted molar refractivity (Wildman–Crippen MR) is 61.0 cm³/mol. The third-order valence-electron chi connectivity index (χ3n) is 2.45. The van der Waals surface area contributed by atoms with Gasteiger partial charge in [0.15, 0.2) is 0 Å². The second kappa shape index (κ2) is 4.40. The standard InChI is InChI=1S/C12H9FN4O/c13-10-4-2-1-3-9(10)12-16-15-11(18-12)7-17-6-5-14-8-17/h1-6,8H,7H2. The van der Waals surface area contributed by atoms with Gasteiger partial charge in [0.2, 0.25) is 5.89 Å². The molecule has 0 N–H and O–H groups in total. The lowest BCUT2D eigenvalue weighted by Gasteiger charge is -1.96. The molecule has 3 aromatic rings. The van der Waals surface area contributed by atoms with Gasteiger partial charge in [-0.15, -0.1) is 10.2 Å². The molecule has 0 spiro atoms. The first-order valence-corrected chi connectivity index (χ1v) is 5.36. The summed E-state index contributed by atoms with van der Waals surface area (Å²) in [6.07, 6.45) is 5.09. The highest BCUT2D eigenvalue weighted by atomic mass is 19.1. The van der Waals surface area contributed by atoms with Gasteiger partial charge in [-0.3, -0.25) is 0 Å². The van der Waals surface area contributed by atoms with Gasteiger partial charge in [0, 0.05) is 12.4 Å². The summed E-state index contributed by atoms with van der Waals surface area (Å²) in [5.74, 6) is 0.213. The van der Waals surface area contributed by atoms with Gasteiger partial charge in [-0.25, -0.2) is 9.37 Å². The average Bonchev–Trinajstić information content (AvgIpc) is 3.02. The van der Waals surface area contributed by atoms with Gasteiger partial charge in [0.05, 0.1) is 11.9 Å². The lowest BCUT2D eigenvalue weighted by Crippen LogP contribution is -1.96. The molecule has 0 fully saturated rings. The molecular formula is C12H9FN4O. The smallest absolute Gasteiger partial charge is 0.250 e. The van der Waals surface area contributed by atoms with Crippen molar-refractivity contribution in [2.45, 2.75) is 6.54 Å². The van der Waals surface area contributed by atoms with Crippen LogP contribution in [0.15, 0.2) is 47.4 Å². The molecule has 90 valence electrons. The second-order valence-corrected chi connectivity index (χ2v) is 3.72. The molecule has 0 aliphatic heterocycles. The molecule has 5 nitrogen and oxygen atoms in total. The van der Waals surface area contributed by atoms with E-state index >= 15 is 0 Å². The summed E-state index contributed by atoms with van der Waals surface area (Å²) in [4.78, 5) is 3.91. The highest BCUT2D eigenvalue weighted by Gasteiger charge is 2.12. The number of aromatic nitrogens is 4. The van der Waals surface area contributed by atoms with Crippen molar-refractivity contribution < 1.29 is 8.81 Å². The molecule has 0 bridgehead atoms. The molecule has 0 saturated heterocycles. The van der Waals surface area contributed by atoms with Gasteiger partial charge in [0.25, 0.3) is 5.89 Å². The summed E-state index contributed by atoms with van der Waals surface area (Å²) in [7, 11) is 0. The Labute approximate surface area is 102 Å². The van der Waals surface area contributed by atoms with Crippen LogP contribution in [0.3, 0.4) is 0 Å². The SMILES string of the molecule is Fc1ccccc1-c1nnc(Cn2ccnc2)o1. The molecule has 2 heterocycles. The largest absolute Gasteiger partial charge is 0.419 e. The van der Waals surface area contributed by atoms with Gasteiger partial charge in [-0.2, -0.15) is 0 Å². The lowest BCUT2D eigenvalue weighted by molar-refractivity contribution is 0.485. The fraction of sp³-hybridized carbons (Fsp3) is 0.0833. The van der Waals surface area contributed by atoms with Crippen molar-refractivity contribution in [2.24, 2.45) is 0 Å². The van der Waals surface area contributed by atoms with Gasteiger partial charge < -0.3 is 8.98 Å². The van der Waals surface area contributed by atoms with Gasteiger partial charge >= 0.3 is 0 Å². The summed E-state index contributed by atoms with van der Waals surface area (Å²) < 4.78 is 20.7. The van der Waals surface area contributed by atoms with Crippen molar-refractivity contribution >= 4 is 0 Å². The third-order valence-corrected chi connectivity index (χ3v) is 2.45. The first-order valence-electron chi connectivity index (χ1n) is 5.36. The van der Waals surface area contributed by atoms with Crippen molar-refractivity contribution in [3.8, 4) is 11.5 Å². The Morgan fingerprint density at radius 3 is 2.89 bits per heavy atom. The Kier molecular flexibility index (Phi) is 2.60. The molecule has 0 atom stereocenters. The maximum atomic E-state index is 13.5. The van der Waals surface area contributed by atoms with Crippen LogP contribution in [0.1, 0.15) is 5.89 Å². The minimum atomic E-state index is -0.379. The van der Waals surface area contributed by atoms with Crippen LogP contribution >= 0.6 is 0 Å². The van der Waals surface area contributed by atoms with E-state index in [4.69, 9.17) is 4.42 Å². The Hall–Kier alpha value is -2.50. The zero-order valence-electron chi connectivity index (χ0n) is 9.32. The molecule has 3 rings (SSSR count). The zero-order chi connectivity index (χ0) is 12.4. The summed E-state index contributed by atoms with van der Waals surface area (Å²) in [6, 6.07) is 6.29. The van der Waals surface area contributed by atoms with Crippen molar-refractivity contribution in [1.29, 1.82) is 0 Å². The van der Waals surface area contributed by atoms with Crippen molar-refractivity contribution in [1.82, 2.24) is 19.7 Å². The van der Waals surface area contributed by atoms with E-state index in [1.807, 2.05) is 0 Å². The molecule has 1 aromatic carbocycles. The van der Waals surface area contributed by atoms with E-state index < -0.39 is 0 Å². The molecule has 18 heavy (non-hydrogen) atoms. The minimum absolute atomic E-state index is 0.184. The monoisotopic (exact) mass is 244 g/mol. The summed E-state index contributed by atoms with van der Waals surface area (Å²) in [6.45, 7) is 0.418. The fourth-order valence-electron chi connectivity index (χ4n) is 1.60. The minimum Gasteiger partial charge on any atom is -0.419 e. The molecule has 0 radical (unpaired) electrons. The number of nitrogens with zero attached hydrogens (tertiary/aromatic N) is 4. The fourth-order valence-corrected chi connectivity index (χ4v) is 1.60. The zero-order valence-corrected chi connectivity index (χ0v) is 9.32. The quantitative estimate of drug-likeness (QED) is 0.708. The van der Waals surface area contributed by atoms with E-state index in [1.54, 1.807) is 41.5 Å². The number of rotatable bonds is 3. The van der Waals surface area contributed by atoms with Gasteiger partial charge in [0.1, 0.15) is 12.4 Å². The van der Waals surface area contributed by atoms with Crippen molar-refractivity contribution in [3.63, 3.8) is 0 Å². The van der Waals surface area contributed by atoms with Crippen LogP contribution in [0.2, 0.25) is 0 Å². The Morgan fingerprint density at radius 2 is 2.11 bits per heavy atom. The lowest BCUT2D eigenvalue weighted by atomic mass is 10.2. The van der Waals surface area contributed by atoms with Crippen LogP contribution in [0.5, 0.6) is 0 Å². The van der Waals surface area contributed by atoms with Crippen LogP contribution < -0.4 is 0 Å². The van der Waals surface area contributed by atoms with E-state index in [0.29, 0.717) is 18.0 Å². The second-order valence-electron chi connectivity index (χ2n) is 3.72. The first-order chi connectivity index (χ1) is 8.83. The maximum Gasteiger partial charge on any atom is 0.250 e. The number of benzene rings is 1. The molecule has 0 aliphatic carbocycles. The number of halogens is 1. The van der Waals surface area contributed by atoms with Crippen LogP contribution in [0.4, 0.5) is 4.39 Å². The van der Waals surface area contributed by atoms with Gasteiger partial charge in [-0.05, 0) is 12.1 Å². The molecule has 0 unspecified atom stereocenters. The molecule has 0 aliphatic rings. The molecule has 0 amide bonds. The topological polar surface area (TPSA) is 56.7 Å². The van der Waals surface area contributed by atoms with Crippen LogP contribution in [0, 0.1) is 5.82 Å². The number of imidazole rings is 1. The van der Waals surface area contributed by atoms with Crippen LogP contribution in [-0.4, -0.2) is 19.7 Å². The summed E-state index contributed by atoms with van der Waals surface area (Å²) >= 11 is 0. The maximum absolute atomic E-state index is 13.5. The predicted octanol–water partition coefficient (Wildman–Crippen LogP) is 2.12. The Bertz CT molecular complexity index is 648. The summed E-state index contributed by atoms with van der Waals surface area (Å²) in [5.41, 5.74) is 0.307. The number of hydrogen-bond acceptors (Lipinski definition) is 4. The molecular weight excluding hydrogens is 235 g/mol. The third kappa shape index (κ3) is 2.00. The highest BCUT2D eigenvalue weighted by molar-refractivity contribution is 5.53. The van der Waals surface area contributed by atoms with Crippen molar-refractivity contribution in [3.05, 3.63) is 54.7 Å². The van der Waals surface area contributed by atoms with Crippen LogP contribution in [-0.2, 0) is 6.54 Å². The normalized spacial score (nSPS) is 10.7. The van der Waals surface area contributed by atoms with E-state index in [1.165, 1.54) is 6.07 Å². The average molecular weight is 244 g/mol. The number of hydrogen-bond donors (Lipinski definition) is 0. The molecule has 6 heteroatoms. The van der Waals surface area contributed by atoms with E-state index in [2.05, 4.69) is 15.2 Å². The molecule has 0 saturated carbocycles. The van der Waals surface area contributed by atoms with E-state index in [9.17, 15) is 4.39 Å². The van der Waals surface area contributed by atoms with Crippen molar-refractivity contribution in [2.75, 3.05) is 0 Å². The first kappa shape index (κ1) is 10.6. The van der Waals surface area contributed by atoms with Gasteiger partial charge in [-0.1, -0.05) is 12.1 Å². The molecule has 2 aromatic heterocycles. The van der Waals surface area contributed by atoms with E-state index in [-0.39, 0.29) is 11.7 Å². The van der Waals surface area contributed by atoms with E-state index in [0.717, 1.165) is 0 Å².